The molecule has 7 nitrogen and oxygen atoms in total. The maximum absolute atomic E-state index is 12.5. The SMILES string of the molecule is CCOc1ccc(C2CC(C(=O)NCc3ccc4c(c3)OCO4)NN2)cc1. The summed E-state index contributed by atoms with van der Waals surface area (Å²) in [4.78, 5) is 12.5. The maximum Gasteiger partial charge on any atom is 0.238 e. The van der Waals surface area contributed by atoms with Gasteiger partial charge in [-0.2, -0.15) is 0 Å². The van der Waals surface area contributed by atoms with Gasteiger partial charge in [0, 0.05) is 12.6 Å². The second kappa shape index (κ2) is 7.85. The van der Waals surface area contributed by atoms with E-state index in [-0.39, 0.29) is 24.8 Å². The van der Waals surface area contributed by atoms with Gasteiger partial charge in [0.15, 0.2) is 11.5 Å². The summed E-state index contributed by atoms with van der Waals surface area (Å²) < 4.78 is 16.1. The van der Waals surface area contributed by atoms with E-state index >= 15 is 0 Å². The Balaban J connectivity index is 1.30. The summed E-state index contributed by atoms with van der Waals surface area (Å²) in [5, 5.41) is 2.97. The number of ether oxygens (including phenoxy) is 3. The van der Waals surface area contributed by atoms with Crippen molar-refractivity contribution in [3.05, 3.63) is 53.6 Å². The lowest BCUT2D eigenvalue weighted by molar-refractivity contribution is -0.123. The monoisotopic (exact) mass is 369 g/mol. The third kappa shape index (κ3) is 3.99. The molecular weight excluding hydrogens is 346 g/mol. The van der Waals surface area contributed by atoms with Gasteiger partial charge in [0.2, 0.25) is 12.7 Å². The van der Waals surface area contributed by atoms with Gasteiger partial charge >= 0.3 is 0 Å². The highest BCUT2D eigenvalue weighted by Gasteiger charge is 2.30. The molecule has 142 valence electrons. The predicted octanol–water partition coefficient (Wildman–Crippen LogP) is 2.04. The molecule has 4 rings (SSSR count). The van der Waals surface area contributed by atoms with Crippen LogP contribution in [0.5, 0.6) is 17.2 Å². The van der Waals surface area contributed by atoms with E-state index in [2.05, 4.69) is 16.2 Å². The lowest BCUT2D eigenvalue weighted by Gasteiger charge is -2.11. The summed E-state index contributed by atoms with van der Waals surface area (Å²) in [6, 6.07) is 13.4. The van der Waals surface area contributed by atoms with Crippen LogP contribution in [0.4, 0.5) is 0 Å². The Morgan fingerprint density at radius 1 is 1.15 bits per heavy atom. The molecule has 2 unspecified atom stereocenters. The topological polar surface area (TPSA) is 80.9 Å². The van der Waals surface area contributed by atoms with Gasteiger partial charge in [-0.1, -0.05) is 18.2 Å². The zero-order chi connectivity index (χ0) is 18.6. The Bertz CT molecular complexity index is 809. The maximum atomic E-state index is 12.5. The number of carbonyl (C=O) groups excluding carboxylic acids is 1. The molecule has 7 heteroatoms. The van der Waals surface area contributed by atoms with Crippen LogP contribution in [-0.4, -0.2) is 25.3 Å². The number of nitrogens with one attached hydrogen (secondary N) is 3. The summed E-state index contributed by atoms with van der Waals surface area (Å²) in [5.41, 5.74) is 8.38. The Morgan fingerprint density at radius 2 is 1.96 bits per heavy atom. The molecule has 3 N–H and O–H groups in total. The summed E-state index contributed by atoms with van der Waals surface area (Å²) in [6.45, 7) is 3.30. The normalized spacial score (nSPS) is 20.5. The van der Waals surface area contributed by atoms with Crippen molar-refractivity contribution in [2.24, 2.45) is 0 Å². The largest absolute Gasteiger partial charge is 0.494 e. The number of amides is 1. The standard InChI is InChI=1S/C20H23N3O4/c1-2-25-15-6-4-14(5-7-15)16-10-17(23-22-16)20(24)21-11-13-3-8-18-19(9-13)27-12-26-18/h3-9,16-17,22-23H,2,10-12H2,1H3,(H,21,24). The van der Waals surface area contributed by atoms with Gasteiger partial charge in [0.25, 0.3) is 0 Å². The fraction of sp³-hybridized carbons (Fsp3) is 0.350. The molecule has 2 aliphatic heterocycles. The van der Waals surface area contributed by atoms with Gasteiger partial charge in [-0.25, -0.2) is 10.9 Å². The first-order chi connectivity index (χ1) is 13.2. The van der Waals surface area contributed by atoms with Crippen LogP contribution in [-0.2, 0) is 11.3 Å². The van der Waals surface area contributed by atoms with Gasteiger partial charge in [0.1, 0.15) is 11.8 Å². The van der Waals surface area contributed by atoms with Crippen molar-refractivity contribution in [3.8, 4) is 17.2 Å². The van der Waals surface area contributed by atoms with Crippen molar-refractivity contribution in [1.82, 2.24) is 16.2 Å². The van der Waals surface area contributed by atoms with E-state index in [1.54, 1.807) is 0 Å². The number of hydrogen-bond donors (Lipinski definition) is 3. The highest BCUT2D eigenvalue weighted by atomic mass is 16.7. The first kappa shape index (κ1) is 17.6. The van der Waals surface area contributed by atoms with Crippen LogP contribution in [0.1, 0.15) is 30.5 Å². The van der Waals surface area contributed by atoms with E-state index in [1.807, 2.05) is 49.4 Å². The number of hydrazine groups is 1. The molecule has 0 radical (unpaired) electrons. The molecule has 0 bridgehead atoms. The van der Waals surface area contributed by atoms with Gasteiger partial charge in [-0.3, -0.25) is 4.79 Å². The van der Waals surface area contributed by atoms with Crippen molar-refractivity contribution in [3.63, 3.8) is 0 Å². The van der Waals surface area contributed by atoms with E-state index < -0.39 is 0 Å². The lowest BCUT2D eigenvalue weighted by atomic mass is 10.0. The zero-order valence-electron chi connectivity index (χ0n) is 15.2. The van der Waals surface area contributed by atoms with Crippen LogP contribution in [0.15, 0.2) is 42.5 Å². The van der Waals surface area contributed by atoms with E-state index in [4.69, 9.17) is 14.2 Å². The molecule has 0 spiro atoms. The van der Waals surface area contributed by atoms with Crippen molar-refractivity contribution >= 4 is 5.91 Å². The average Bonchev–Trinajstić information content (AvgIpc) is 3.36. The molecular formula is C20H23N3O4. The van der Waals surface area contributed by atoms with Gasteiger partial charge in [-0.05, 0) is 48.7 Å². The first-order valence-corrected chi connectivity index (χ1v) is 9.13. The number of hydrogen-bond acceptors (Lipinski definition) is 6. The number of benzene rings is 2. The van der Waals surface area contributed by atoms with Gasteiger partial charge < -0.3 is 19.5 Å². The highest BCUT2D eigenvalue weighted by Crippen LogP contribution is 2.32. The molecule has 2 aliphatic rings. The molecule has 2 aromatic carbocycles. The number of fused-ring (bicyclic) bond motifs is 1. The Hall–Kier alpha value is -2.77. The molecule has 2 heterocycles. The zero-order valence-corrected chi connectivity index (χ0v) is 15.2. The second-order valence-electron chi connectivity index (χ2n) is 6.54. The van der Waals surface area contributed by atoms with E-state index in [0.29, 0.717) is 19.6 Å². The Morgan fingerprint density at radius 3 is 2.78 bits per heavy atom. The first-order valence-electron chi connectivity index (χ1n) is 9.13. The highest BCUT2D eigenvalue weighted by molar-refractivity contribution is 5.82. The predicted molar refractivity (Wildman–Crippen MR) is 99.4 cm³/mol. The quantitative estimate of drug-likeness (QED) is 0.723. The van der Waals surface area contributed by atoms with Crippen molar-refractivity contribution < 1.29 is 19.0 Å². The summed E-state index contributed by atoms with van der Waals surface area (Å²) in [5.74, 6) is 2.28. The molecule has 1 fully saturated rings. The summed E-state index contributed by atoms with van der Waals surface area (Å²) in [7, 11) is 0. The second-order valence-corrected chi connectivity index (χ2v) is 6.54. The minimum atomic E-state index is -0.282. The van der Waals surface area contributed by atoms with E-state index in [9.17, 15) is 4.79 Å². The van der Waals surface area contributed by atoms with Crippen molar-refractivity contribution in [2.75, 3.05) is 13.4 Å². The molecule has 2 atom stereocenters. The number of rotatable bonds is 6. The molecule has 0 aromatic heterocycles. The fourth-order valence-corrected chi connectivity index (χ4v) is 3.27. The Labute approximate surface area is 158 Å². The minimum absolute atomic E-state index is 0.0337. The average molecular weight is 369 g/mol. The smallest absolute Gasteiger partial charge is 0.238 e. The Kier molecular flexibility index (Phi) is 5.13. The van der Waals surface area contributed by atoms with Crippen molar-refractivity contribution in [2.45, 2.75) is 32.0 Å². The molecule has 1 amide bonds. The van der Waals surface area contributed by atoms with Crippen LogP contribution in [0.3, 0.4) is 0 Å². The van der Waals surface area contributed by atoms with Crippen LogP contribution < -0.4 is 30.4 Å². The van der Waals surface area contributed by atoms with Crippen LogP contribution in [0.2, 0.25) is 0 Å². The lowest BCUT2D eigenvalue weighted by Crippen LogP contribution is -2.42. The molecule has 1 saturated heterocycles. The van der Waals surface area contributed by atoms with Gasteiger partial charge in [-0.15, -0.1) is 0 Å². The summed E-state index contributed by atoms with van der Waals surface area (Å²) >= 11 is 0. The van der Waals surface area contributed by atoms with Crippen LogP contribution in [0.25, 0.3) is 0 Å². The van der Waals surface area contributed by atoms with Gasteiger partial charge in [0.05, 0.1) is 6.61 Å². The van der Waals surface area contributed by atoms with Crippen LogP contribution in [0, 0.1) is 0 Å². The van der Waals surface area contributed by atoms with Crippen LogP contribution >= 0.6 is 0 Å². The van der Waals surface area contributed by atoms with E-state index in [1.165, 1.54) is 0 Å². The minimum Gasteiger partial charge on any atom is -0.494 e. The van der Waals surface area contributed by atoms with E-state index in [0.717, 1.165) is 28.4 Å². The molecule has 2 aromatic rings. The number of carbonyl (C=O) groups is 1. The van der Waals surface area contributed by atoms with Crippen molar-refractivity contribution in [1.29, 1.82) is 0 Å². The fourth-order valence-electron chi connectivity index (χ4n) is 3.27. The third-order valence-electron chi connectivity index (χ3n) is 4.72. The molecule has 0 aliphatic carbocycles. The summed E-state index contributed by atoms with van der Waals surface area (Å²) in [6.07, 6.45) is 0.682. The molecule has 27 heavy (non-hydrogen) atoms. The molecule has 0 saturated carbocycles. The third-order valence-corrected chi connectivity index (χ3v) is 4.72.